The van der Waals surface area contributed by atoms with E-state index in [2.05, 4.69) is 17.2 Å². The summed E-state index contributed by atoms with van der Waals surface area (Å²) in [6.45, 7) is 4.72. The zero-order chi connectivity index (χ0) is 15.5. The second-order valence-corrected chi connectivity index (χ2v) is 6.36. The molecule has 0 saturated heterocycles. The van der Waals surface area contributed by atoms with Gasteiger partial charge in [-0.05, 0) is 38.5 Å². The molecule has 5 heteroatoms. The van der Waals surface area contributed by atoms with E-state index in [9.17, 15) is 15.3 Å². The van der Waals surface area contributed by atoms with Gasteiger partial charge in [0, 0.05) is 30.4 Å². The van der Waals surface area contributed by atoms with E-state index < -0.39 is 5.60 Å². The predicted molar refractivity (Wildman–Crippen MR) is 80.9 cm³/mol. The molecular formula is C16H26N2O3. The molecule has 1 aromatic heterocycles. The molecule has 2 rings (SSSR count). The lowest BCUT2D eigenvalue weighted by Gasteiger charge is -2.35. The summed E-state index contributed by atoms with van der Waals surface area (Å²) < 4.78 is 0. The third-order valence-corrected chi connectivity index (χ3v) is 4.56. The molecule has 0 amide bonds. The van der Waals surface area contributed by atoms with E-state index in [0.717, 1.165) is 25.7 Å². The number of aryl methyl sites for hydroxylation is 1. The Morgan fingerprint density at radius 3 is 2.67 bits per heavy atom. The Hall–Kier alpha value is -1.17. The third kappa shape index (κ3) is 3.93. The van der Waals surface area contributed by atoms with Gasteiger partial charge in [0.15, 0.2) is 0 Å². The van der Waals surface area contributed by atoms with Crippen molar-refractivity contribution in [3.8, 4) is 5.75 Å². The first-order valence-corrected chi connectivity index (χ1v) is 7.65. The van der Waals surface area contributed by atoms with Crippen molar-refractivity contribution in [2.45, 2.75) is 58.3 Å². The van der Waals surface area contributed by atoms with Crippen LogP contribution in [0.3, 0.4) is 0 Å². The number of hydrogen-bond donors (Lipinski definition) is 4. The second-order valence-electron chi connectivity index (χ2n) is 6.36. The minimum atomic E-state index is -0.649. The molecule has 1 fully saturated rings. The molecule has 21 heavy (non-hydrogen) atoms. The highest BCUT2D eigenvalue weighted by Crippen LogP contribution is 2.31. The fourth-order valence-electron chi connectivity index (χ4n) is 2.91. The van der Waals surface area contributed by atoms with Crippen LogP contribution >= 0.6 is 0 Å². The fraction of sp³-hybridized carbons (Fsp3) is 0.688. The average molecular weight is 294 g/mol. The number of aromatic hydroxyl groups is 1. The zero-order valence-electron chi connectivity index (χ0n) is 12.9. The van der Waals surface area contributed by atoms with Crippen molar-refractivity contribution >= 4 is 0 Å². The molecule has 1 aliphatic rings. The Balaban J connectivity index is 1.96. The van der Waals surface area contributed by atoms with Gasteiger partial charge < -0.3 is 20.6 Å². The van der Waals surface area contributed by atoms with Gasteiger partial charge in [-0.3, -0.25) is 4.98 Å². The van der Waals surface area contributed by atoms with Crippen LogP contribution in [0.1, 0.15) is 49.4 Å². The summed E-state index contributed by atoms with van der Waals surface area (Å²) in [4.78, 5) is 4.04. The van der Waals surface area contributed by atoms with Crippen LogP contribution in [0.25, 0.3) is 0 Å². The Bertz CT molecular complexity index is 483. The highest BCUT2D eigenvalue weighted by Gasteiger charge is 2.31. The number of rotatable bonds is 5. The molecule has 0 radical (unpaired) electrons. The van der Waals surface area contributed by atoms with Crippen molar-refractivity contribution in [1.29, 1.82) is 0 Å². The molecule has 0 aromatic carbocycles. The SMILES string of the molecule is Cc1ncc(CO)c(CNCC2(O)CCC(C)CC2)c1O. The summed E-state index contributed by atoms with van der Waals surface area (Å²) in [7, 11) is 0. The van der Waals surface area contributed by atoms with Gasteiger partial charge in [0.2, 0.25) is 0 Å². The van der Waals surface area contributed by atoms with E-state index in [1.165, 1.54) is 0 Å². The van der Waals surface area contributed by atoms with Gasteiger partial charge in [0.05, 0.1) is 17.9 Å². The molecule has 0 bridgehead atoms. The van der Waals surface area contributed by atoms with Crippen LogP contribution in [0.5, 0.6) is 5.75 Å². The van der Waals surface area contributed by atoms with E-state index in [-0.39, 0.29) is 12.4 Å². The maximum Gasteiger partial charge on any atom is 0.141 e. The standard InChI is InChI=1S/C16H26N2O3/c1-11-3-5-16(21,6-4-11)10-17-8-14-13(9-19)7-18-12(2)15(14)20/h7,11,17,19-21H,3-6,8-10H2,1-2H3. The van der Waals surface area contributed by atoms with Crippen molar-refractivity contribution in [2.75, 3.05) is 6.54 Å². The van der Waals surface area contributed by atoms with E-state index in [0.29, 0.717) is 35.8 Å². The monoisotopic (exact) mass is 294 g/mol. The maximum absolute atomic E-state index is 10.5. The summed E-state index contributed by atoms with van der Waals surface area (Å²) >= 11 is 0. The summed E-state index contributed by atoms with van der Waals surface area (Å²) in [5, 5.41) is 33.2. The first kappa shape index (κ1) is 16.2. The lowest BCUT2D eigenvalue weighted by atomic mass is 9.79. The maximum atomic E-state index is 10.5. The average Bonchev–Trinajstić information content (AvgIpc) is 2.47. The highest BCUT2D eigenvalue weighted by atomic mass is 16.3. The number of pyridine rings is 1. The fourth-order valence-corrected chi connectivity index (χ4v) is 2.91. The first-order chi connectivity index (χ1) is 9.95. The zero-order valence-corrected chi connectivity index (χ0v) is 12.9. The quantitative estimate of drug-likeness (QED) is 0.663. The summed E-state index contributed by atoms with van der Waals surface area (Å²) in [6.07, 6.45) is 5.33. The topological polar surface area (TPSA) is 85.6 Å². The normalized spacial score (nSPS) is 26.0. The van der Waals surface area contributed by atoms with Crippen molar-refractivity contribution in [1.82, 2.24) is 10.3 Å². The van der Waals surface area contributed by atoms with E-state index in [1.807, 2.05) is 0 Å². The number of nitrogens with zero attached hydrogens (tertiary/aromatic N) is 1. The van der Waals surface area contributed by atoms with Crippen LogP contribution in [-0.4, -0.2) is 32.4 Å². The van der Waals surface area contributed by atoms with Gasteiger partial charge in [-0.25, -0.2) is 0 Å². The Labute approximate surface area is 126 Å². The Morgan fingerprint density at radius 1 is 1.38 bits per heavy atom. The second kappa shape index (κ2) is 6.73. The van der Waals surface area contributed by atoms with Crippen molar-refractivity contribution in [2.24, 2.45) is 5.92 Å². The number of aliphatic hydroxyl groups excluding tert-OH is 1. The third-order valence-electron chi connectivity index (χ3n) is 4.56. The molecule has 0 aliphatic heterocycles. The lowest BCUT2D eigenvalue weighted by Crippen LogP contribution is -2.43. The number of aliphatic hydroxyl groups is 2. The van der Waals surface area contributed by atoms with Crippen LogP contribution in [-0.2, 0) is 13.2 Å². The number of nitrogens with one attached hydrogen (secondary N) is 1. The van der Waals surface area contributed by atoms with Crippen LogP contribution < -0.4 is 5.32 Å². The van der Waals surface area contributed by atoms with Crippen molar-refractivity contribution in [3.63, 3.8) is 0 Å². The summed E-state index contributed by atoms with van der Waals surface area (Å²) in [6, 6.07) is 0. The van der Waals surface area contributed by atoms with Crippen LogP contribution in [0.4, 0.5) is 0 Å². The van der Waals surface area contributed by atoms with Gasteiger partial charge in [0.1, 0.15) is 5.75 Å². The molecule has 0 spiro atoms. The molecule has 0 atom stereocenters. The van der Waals surface area contributed by atoms with Crippen LogP contribution in [0.15, 0.2) is 6.20 Å². The summed E-state index contributed by atoms with van der Waals surface area (Å²) in [5.41, 5.74) is 1.19. The molecule has 0 unspecified atom stereocenters. The molecule has 1 aromatic rings. The van der Waals surface area contributed by atoms with Gasteiger partial charge in [-0.15, -0.1) is 0 Å². The predicted octanol–water partition coefficient (Wildman–Crippen LogP) is 1.62. The lowest BCUT2D eigenvalue weighted by molar-refractivity contribution is -0.00635. The minimum absolute atomic E-state index is 0.123. The van der Waals surface area contributed by atoms with E-state index in [4.69, 9.17) is 0 Å². The smallest absolute Gasteiger partial charge is 0.141 e. The van der Waals surface area contributed by atoms with E-state index in [1.54, 1.807) is 13.1 Å². The molecule has 1 aliphatic carbocycles. The molecule has 1 saturated carbocycles. The molecule has 5 nitrogen and oxygen atoms in total. The highest BCUT2D eigenvalue weighted by molar-refractivity contribution is 5.40. The first-order valence-electron chi connectivity index (χ1n) is 7.65. The van der Waals surface area contributed by atoms with Crippen molar-refractivity contribution < 1.29 is 15.3 Å². The van der Waals surface area contributed by atoms with E-state index >= 15 is 0 Å². The molecular weight excluding hydrogens is 268 g/mol. The Morgan fingerprint density at radius 2 is 2.05 bits per heavy atom. The largest absolute Gasteiger partial charge is 0.506 e. The Kier molecular flexibility index (Phi) is 5.19. The van der Waals surface area contributed by atoms with Gasteiger partial charge in [-0.2, -0.15) is 0 Å². The number of hydrogen-bond acceptors (Lipinski definition) is 5. The number of aromatic nitrogens is 1. The van der Waals surface area contributed by atoms with Crippen LogP contribution in [0.2, 0.25) is 0 Å². The van der Waals surface area contributed by atoms with Crippen LogP contribution in [0, 0.1) is 12.8 Å². The molecule has 1 heterocycles. The van der Waals surface area contributed by atoms with Gasteiger partial charge in [-0.1, -0.05) is 6.92 Å². The van der Waals surface area contributed by atoms with Gasteiger partial charge in [0.25, 0.3) is 0 Å². The minimum Gasteiger partial charge on any atom is -0.506 e. The summed E-state index contributed by atoms with van der Waals surface area (Å²) in [5.74, 6) is 0.816. The van der Waals surface area contributed by atoms with Crippen molar-refractivity contribution in [3.05, 3.63) is 23.0 Å². The molecule has 118 valence electrons. The molecule has 4 N–H and O–H groups in total. The van der Waals surface area contributed by atoms with Gasteiger partial charge >= 0.3 is 0 Å².